The fourth-order valence-electron chi connectivity index (χ4n) is 2.80. The molecule has 8 heteroatoms. The number of aromatic nitrogens is 2. The van der Waals surface area contributed by atoms with Crippen LogP contribution >= 0.6 is 0 Å². The highest BCUT2D eigenvalue weighted by atomic mass is 19.4. The summed E-state index contributed by atoms with van der Waals surface area (Å²) in [6, 6.07) is 1.50. The van der Waals surface area contributed by atoms with Crippen LogP contribution in [-0.2, 0) is 11.0 Å². The fraction of sp³-hybridized carbons (Fsp3) is 0.667. The first-order chi connectivity index (χ1) is 10.8. The topological polar surface area (TPSA) is 49.3 Å². The van der Waals surface area contributed by atoms with Crippen molar-refractivity contribution in [2.75, 3.05) is 31.1 Å². The lowest BCUT2D eigenvalue weighted by Gasteiger charge is -2.35. The third-order valence-electron chi connectivity index (χ3n) is 4.14. The number of piperidine rings is 1. The van der Waals surface area contributed by atoms with Crippen molar-refractivity contribution >= 4 is 11.7 Å². The fourth-order valence-corrected chi connectivity index (χ4v) is 2.80. The van der Waals surface area contributed by atoms with Crippen molar-refractivity contribution in [1.82, 2.24) is 14.9 Å². The van der Waals surface area contributed by atoms with Gasteiger partial charge < -0.3 is 9.80 Å². The number of rotatable bonds is 4. The number of carbonyl (C=O) groups is 1. The Labute approximate surface area is 133 Å². The van der Waals surface area contributed by atoms with E-state index in [-0.39, 0.29) is 5.91 Å². The summed E-state index contributed by atoms with van der Waals surface area (Å²) >= 11 is 0. The first kappa shape index (κ1) is 17.5. The first-order valence-corrected chi connectivity index (χ1v) is 7.72. The second-order valence-corrected chi connectivity index (χ2v) is 5.72. The Balaban J connectivity index is 1.96. The lowest BCUT2D eigenvalue weighted by atomic mass is 9.96. The van der Waals surface area contributed by atoms with Gasteiger partial charge in [0.25, 0.3) is 0 Å². The molecule has 1 aliphatic heterocycles. The summed E-state index contributed by atoms with van der Waals surface area (Å²) in [5.41, 5.74) is 0. The molecule has 0 unspecified atom stereocenters. The van der Waals surface area contributed by atoms with Crippen LogP contribution in [0.2, 0.25) is 0 Å². The highest BCUT2D eigenvalue weighted by molar-refractivity contribution is 5.73. The molecule has 0 radical (unpaired) electrons. The Morgan fingerprint density at radius 3 is 2.57 bits per heavy atom. The number of anilines is 1. The average molecular weight is 330 g/mol. The lowest BCUT2D eigenvalue weighted by Crippen LogP contribution is -2.40. The molecule has 23 heavy (non-hydrogen) atoms. The average Bonchev–Trinajstić information content (AvgIpc) is 2.52. The van der Waals surface area contributed by atoms with Crippen LogP contribution in [-0.4, -0.2) is 47.0 Å². The maximum atomic E-state index is 12.7. The van der Waals surface area contributed by atoms with Crippen molar-refractivity contribution < 1.29 is 18.0 Å². The summed E-state index contributed by atoms with van der Waals surface area (Å²) in [4.78, 5) is 22.0. The summed E-state index contributed by atoms with van der Waals surface area (Å²) in [7, 11) is 0. The predicted octanol–water partition coefficient (Wildman–Crippen LogP) is 2.58. The van der Waals surface area contributed by atoms with E-state index in [1.165, 1.54) is 6.07 Å². The minimum absolute atomic E-state index is 0.0561. The van der Waals surface area contributed by atoms with Gasteiger partial charge in [-0.2, -0.15) is 13.2 Å². The Morgan fingerprint density at radius 2 is 2.04 bits per heavy atom. The number of halogens is 3. The molecule has 1 saturated heterocycles. The Hall–Kier alpha value is -1.86. The molecule has 1 aromatic rings. The van der Waals surface area contributed by atoms with Crippen LogP contribution < -0.4 is 4.90 Å². The summed E-state index contributed by atoms with van der Waals surface area (Å²) in [6.45, 7) is 6.14. The molecule has 128 valence electrons. The van der Waals surface area contributed by atoms with Crippen LogP contribution in [0.3, 0.4) is 0 Å². The normalized spacial score (nSPS) is 16.5. The highest BCUT2D eigenvalue weighted by Gasteiger charge is 2.35. The van der Waals surface area contributed by atoms with Crippen LogP contribution in [0.25, 0.3) is 0 Å². The molecule has 1 aliphatic rings. The van der Waals surface area contributed by atoms with Gasteiger partial charge in [0.15, 0.2) is 0 Å². The molecule has 2 rings (SSSR count). The molecule has 0 saturated carbocycles. The molecular weight excluding hydrogens is 309 g/mol. The van der Waals surface area contributed by atoms with Crippen molar-refractivity contribution in [2.24, 2.45) is 5.92 Å². The second-order valence-electron chi connectivity index (χ2n) is 5.72. The molecule has 1 fully saturated rings. The highest BCUT2D eigenvalue weighted by Crippen LogP contribution is 2.28. The number of hydrogen-bond acceptors (Lipinski definition) is 4. The zero-order valence-electron chi connectivity index (χ0n) is 13.3. The van der Waals surface area contributed by atoms with Crippen LogP contribution in [0.1, 0.15) is 32.5 Å². The molecule has 1 aromatic heterocycles. The SMILES string of the molecule is CCN(CC1CCN(c2ccnc(C(F)(F)F)n2)CC1)C(C)=O. The van der Waals surface area contributed by atoms with Crippen molar-refractivity contribution in [2.45, 2.75) is 32.9 Å². The van der Waals surface area contributed by atoms with E-state index < -0.39 is 12.0 Å². The van der Waals surface area contributed by atoms with E-state index in [1.54, 1.807) is 11.8 Å². The standard InChI is InChI=1S/C15H21F3N4O/c1-3-21(11(2)23)10-12-5-8-22(9-6-12)13-4-7-19-14(20-13)15(16,17)18/h4,7,12H,3,5-6,8-10H2,1-2H3. The molecule has 0 atom stereocenters. The second kappa shape index (κ2) is 7.14. The van der Waals surface area contributed by atoms with Crippen LogP contribution in [0.15, 0.2) is 12.3 Å². The van der Waals surface area contributed by atoms with Gasteiger partial charge in [0.2, 0.25) is 11.7 Å². The van der Waals surface area contributed by atoms with Gasteiger partial charge in [-0.05, 0) is 31.7 Å². The largest absolute Gasteiger partial charge is 0.451 e. The third kappa shape index (κ3) is 4.56. The number of alkyl halides is 3. The van der Waals surface area contributed by atoms with Gasteiger partial charge in [-0.1, -0.05) is 0 Å². The summed E-state index contributed by atoms with van der Waals surface area (Å²) in [6.07, 6.45) is -1.73. The minimum atomic E-state index is -4.53. The van der Waals surface area contributed by atoms with Crippen molar-refractivity contribution in [3.8, 4) is 0 Å². The quantitative estimate of drug-likeness (QED) is 0.851. The third-order valence-corrected chi connectivity index (χ3v) is 4.14. The molecular formula is C15H21F3N4O. The molecule has 0 aliphatic carbocycles. The van der Waals surface area contributed by atoms with Crippen LogP contribution in [0.4, 0.5) is 19.0 Å². The summed E-state index contributed by atoms with van der Waals surface area (Å²) < 4.78 is 38.0. The number of amides is 1. The van der Waals surface area contributed by atoms with Gasteiger partial charge in [-0.15, -0.1) is 0 Å². The van der Waals surface area contributed by atoms with Crippen molar-refractivity contribution in [3.05, 3.63) is 18.1 Å². The Kier molecular flexibility index (Phi) is 5.43. The van der Waals surface area contributed by atoms with Gasteiger partial charge in [0, 0.05) is 39.3 Å². The maximum Gasteiger partial charge on any atom is 0.451 e. The van der Waals surface area contributed by atoms with Gasteiger partial charge in [0.05, 0.1) is 0 Å². The summed E-state index contributed by atoms with van der Waals surface area (Å²) in [5, 5.41) is 0. The van der Waals surface area contributed by atoms with Gasteiger partial charge in [0.1, 0.15) is 5.82 Å². The summed E-state index contributed by atoms with van der Waals surface area (Å²) in [5.74, 6) is -0.366. The molecule has 0 N–H and O–H groups in total. The molecule has 0 bridgehead atoms. The smallest absolute Gasteiger partial charge is 0.356 e. The number of hydrogen-bond donors (Lipinski definition) is 0. The van der Waals surface area contributed by atoms with Gasteiger partial charge in [-0.25, -0.2) is 9.97 Å². The van der Waals surface area contributed by atoms with Crippen LogP contribution in [0, 0.1) is 5.92 Å². The number of nitrogens with zero attached hydrogens (tertiary/aromatic N) is 4. The van der Waals surface area contributed by atoms with Gasteiger partial charge >= 0.3 is 6.18 Å². The zero-order valence-corrected chi connectivity index (χ0v) is 13.3. The van der Waals surface area contributed by atoms with E-state index >= 15 is 0 Å². The first-order valence-electron chi connectivity index (χ1n) is 7.72. The molecule has 0 aromatic carbocycles. The van der Waals surface area contributed by atoms with Crippen molar-refractivity contribution in [3.63, 3.8) is 0 Å². The Morgan fingerprint density at radius 1 is 1.39 bits per heavy atom. The van der Waals surface area contributed by atoms with Gasteiger partial charge in [-0.3, -0.25) is 4.79 Å². The van der Waals surface area contributed by atoms with E-state index in [2.05, 4.69) is 9.97 Å². The molecule has 0 spiro atoms. The van der Waals surface area contributed by atoms with Crippen molar-refractivity contribution in [1.29, 1.82) is 0 Å². The zero-order chi connectivity index (χ0) is 17.0. The van der Waals surface area contributed by atoms with E-state index in [4.69, 9.17) is 0 Å². The monoisotopic (exact) mass is 330 g/mol. The van der Waals surface area contributed by atoms with E-state index in [9.17, 15) is 18.0 Å². The molecule has 2 heterocycles. The predicted molar refractivity (Wildman–Crippen MR) is 79.9 cm³/mol. The van der Waals surface area contributed by atoms with E-state index in [1.807, 2.05) is 11.8 Å². The Bertz CT molecular complexity index is 542. The molecule has 5 nitrogen and oxygen atoms in total. The minimum Gasteiger partial charge on any atom is -0.356 e. The maximum absolute atomic E-state index is 12.7. The van der Waals surface area contributed by atoms with Crippen LogP contribution in [0.5, 0.6) is 0 Å². The lowest BCUT2D eigenvalue weighted by molar-refractivity contribution is -0.144. The van der Waals surface area contributed by atoms with E-state index in [0.29, 0.717) is 37.9 Å². The molecule has 1 amide bonds. The van der Waals surface area contributed by atoms with E-state index in [0.717, 1.165) is 19.0 Å². The number of carbonyl (C=O) groups excluding carboxylic acids is 1.